The summed E-state index contributed by atoms with van der Waals surface area (Å²) in [6.45, 7) is 0.268. The Hall–Kier alpha value is -3.79. The number of hydrogen-bond donors (Lipinski definition) is 1. The second kappa shape index (κ2) is 9.34. The third-order valence-electron chi connectivity index (χ3n) is 6.15. The van der Waals surface area contributed by atoms with Crippen molar-refractivity contribution in [1.82, 2.24) is 24.5 Å². The summed E-state index contributed by atoms with van der Waals surface area (Å²) in [4.78, 5) is 14.5. The summed E-state index contributed by atoms with van der Waals surface area (Å²) in [7, 11) is 1.59. The number of benzene rings is 2. The quantitative estimate of drug-likeness (QED) is 0.373. The Morgan fingerprint density at radius 3 is 2.53 bits per heavy atom. The van der Waals surface area contributed by atoms with Crippen LogP contribution in [0.2, 0.25) is 5.02 Å². The zero-order chi connectivity index (χ0) is 25.4. The number of aromatic nitrogens is 4. The topological polar surface area (TPSA) is 68.0 Å². The van der Waals surface area contributed by atoms with Gasteiger partial charge < -0.3 is 10.2 Å². The lowest BCUT2D eigenvalue weighted by atomic mass is 9.97. The molecule has 0 bridgehead atoms. The Balaban J connectivity index is 1.35. The van der Waals surface area contributed by atoms with E-state index in [-0.39, 0.29) is 24.5 Å². The van der Waals surface area contributed by atoms with Crippen molar-refractivity contribution in [1.29, 1.82) is 0 Å². The van der Waals surface area contributed by atoms with Crippen LogP contribution in [0.5, 0.6) is 0 Å². The first kappa shape index (κ1) is 23.9. The van der Waals surface area contributed by atoms with E-state index in [0.717, 1.165) is 15.9 Å². The molecule has 0 saturated heterocycles. The first-order chi connectivity index (χ1) is 17.2. The lowest BCUT2D eigenvalue weighted by Crippen LogP contribution is -2.35. The summed E-state index contributed by atoms with van der Waals surface area (Å²) in [6.07, 6.45) is -1.28. The number of alkyl halides is 3. The fourth-order valence-electron chi connectivity index (χ4n) is 4.31. The van der Waals surface area contributed by atoms with Crippen LogP contribution in [0, 0.1) is 0 Å². The van der Waals surface area contributed by atoms with Gasteiger partial charge in [0.05, 0.1) is 11.7 Å². The molecule has 2 atom stereocenters. The molecule has 0 radical (unpaired) electrons. The summed E-state index contributed by atoms with van der Waals surface area (Å²) in [5, 5.41) is 11.8. The van der Waals surface area contributed by atoms with Gasteiger partial charge in [-0.15, -0.1) is 0 Å². The average molecular weight is 515 g/mol. The van der Waals surface area contributed by atoms with E-state index >= 15 is 0 Å². The fourth-order valence-corrected chi connectivity index (χ4v) is 4.43. The SMILES string of the molecule is CN(Cc1ccc(-n2cccn2)cc1)C(=O)c1cc2n(n1)[C@H](C(F)(F)F)C[C@@H](c1ccc(Cl)cc1)N2. The molecule has 7 nitrogen and oxygen atoms in total. The Morgan fingerprint density at radius 1 is 1.17 bits per heavy atom. The van der Waals surface area contributed by atoms with Gasteiger partial charge in [-0.05, 0) is 41.5 Å². The molecule has 1 aliphatic heterocycles. The molecule has 1 amide bonds. The normalized spacial score (nSPS) is 17.4. The first-order valence-electron chi connectivity index (χ1n) is 11.2. The van der Waals surface area contributed by atoms with Crippen LogP contribution in [0.25, 0.3) is 5.69 Å². The Labute approximate surface area is 210 Å². The smallest absolute Gasteiger partial charge is 0.363 e. The molecular weight excluding hydrogens is 493 g/mol. The minimum absolute atomic E-state index is 0.0563. The molecular formula is C25H22ClF3N6O. The highest BCUT2D eigenvalue weighted by molar-refractivity contribution is 6.30. The molecule has 0 spiro atoms. The number of halogens is 4. The van der Waals surface area contributed by atoms with Gasteiger partial charge in [0.15, 0.2) is 11.7 Å². The van der Waals surface area contributed by atoms with Crippen molar-refractivity contribution in [3.05, 3.63) is 94.9 Å². The standard InChI is InChI=1S/C25H22ClF3N6O/c1-33(15-16-3-9-19(10-4-16)34-12-2-11-30-34)24(36)21-14-23-31-20(17-5-7-18(26)8-6-17)13-22(25(27,28)29)35(23)32-21/h2-12,14,20,22,31H,13,15H2,1H3/t20-,22-/m0/s1. The lowest BCUT2D eigenvalue weighted by Gasteiger charge is -2.33. The molecule has 2 aromatic carbocycles. The van der Waals surface area contributed by atoms with Gasteiger partial charge in [0.25, 0.3) is 5.91 Å². The van der Waals surface area contributed by atoms with E-state index < -0.39 is 24.2 Å². The number of carbonyl (C=O) groups is 1. The average Bonchev–Trinajstić information content (AvgIpc) is 3.53. The van der Waals surface area contributed by atoms with Crippen LogP contribution in [0.1, 0.15) is 40.1 Å². The predicted molar refractivity (Wildman–Crippen MR) is 129 cm³/mol. The van der Waals surface area contributed by atoms with E-state index in [2.05, 4.69) is 15.5 Å². The molecule has 2 aromatic heterocycles. The Morgan fingerprint density at radius 2 is 1.89 bits per heavy atom. The maximum absolute atomic E-state index is 14.0. The number of anilines is 1. The van der Waals surface area contributed by atoms with E-state index in [1.165, 1.54) is 11.0 Å². The van der Waals surface area contributed by atoms with Gasteiger partial charge in [0.1, 0.15) is 5.82 Å². The zero-order valence-corrected chi connectivity index (χ0v) is 19.9. The summed E-state index contributed by atoms with van der Waals surface area (Å²) in [5.41, 5.74) is 2.35. The highest BCUT2D eigenvalue weighted by atomic mass is 35.5. The monoisotopic (exact) mass is 514 g/mol. The number of carbonyl (C=O) groups excluding carboxylic acids is 1. The Kier molecular flexibility index (Phi) is 6.21. The summed E-state index contributed by atoms with van der Waals surface area (Å²) in [5.74, 6) is -0.331. The molecule has 0 unspecified atom stereocenters. The third kappa shape index (κ3) is 4.81. The molecule has 0 aliphatic carbocycles. The van der Waals surface area contributed by atoms with Gasteiger partial charge in [-0.2, -0.15) is 23.4 Å². The van der Waals surface area contributed by atoms with Crippen molar-refractivity contribution in [2.45, 2.75) is 31.2 Å². The van der Waals surface area contributed by atoms with Crippen LogP contribution in [0.15, 0.2) is 73.1 Å². The lowest BCUT2D eigenvalue weighted by molar-refractivity contribution is -0.173. The van der Waals surface area contributed by atoms with Crippen LogP contribution >= 0.6 is 11.6 Å². The minimum Gasteiger partial charge on any atom is -0.363 e. The number of rotatable bonds is 5. The fraction of sp³-hybridized carbons (Fsp3) is 0.240. The molecule has 186 valence electrons. The van der Waals surface area contributed by atoms with Crippen molar-refractivity contribution in [2.24, 2.45) is 0 Å². The number of amides is 1. The van der Waals surface area contributed by atoms with Crippen molar-refractivity contribution in [3.8, 4) is 5.69 Å². The van der Waals surface area contributed by atoms with E-state index in [1.807, 2.05) is 36.5 Å². The number of nitrogens with zero attached hydrogens (tertiary/aromatic N) is 5. The van der Waals surface area contributed by atoms with Gasteiger partial charge in [-0.1, -0.05) is 35.9 Å². The first-order valence-corrected chi connectivity index (χ1v) is 11.6. The summed E-state index contributed by atoms with van der Waals surface area (Å²) >= 11 is 5.93. The van der Waals surface area contributed by atoms with Crippen molar-refractivity contribution < 1.29 is 18.0 Å². The van der Waals surface area contributed by atoms with Gasteiger partial charge in [0, 0.05) is 43.5 Å². The van der Waals surface area contributed by atoms with Crippen molar-refractivity contribution in [3.63, 3.8) is 0 Å². The molecule has 36 heavy (non-hydrogen) atoms. The number of nitrogens with one attached hydrogen (secondary N) is 1. The molecule has 0 saturated carbocycles. The highest BCUT2D eigenvalue weighted by Crippen LogP contribution is 2.43. The van der Waals surface area contributed by atoms with Gasteiger partial charge >= 0.3 is 6.18 Å². The second-order valence-electron chi connectivity index (χ2n) is 8.68. The van der Waals surface area contributed by atoms with E-state index in [1.54, 1.807) is 42.2 Å². The van der Waals surface area contributed by atoms with Crippen LogP contribution < -0.4 is 5.32 Å². The maximum Gasteiger partial charge on any atom is 0.410 e. The predicted octanol–water partition coefficient (Wildman–Crippen LogP) is 5.65. The number of fused-ring (bicyclic) bond motifs is 1. The van der Waals surface area contributed by atoms with E-state index in [0.29, 0.717) is 10.6 Å². The van der Waals surface area contributed by atoms with Crippen LogP contribution in [0.3, 0.4) is 0 Å². The Bertz CT molecular complexity index is 1350. The number of hydrogen-bond acceptors (Lipinski definition) is 4. The third-order valence-corrected chi connectivity index (χ3v) is 6.41. The molecule has 0 fully saturated rings. The van der Waals surface area contributed by atoms with Crippen LogP contribution in [0.4, 0.5) is 19.0 Å². The second-order valence-corrected chi connectivity index (χ2v) is 9.12. The van der Waals surface area contributed by atoms with Gasteiger partial charge in [-0.3, -0.25) is 4.79 Å². The summed E-state index contributed by atoms with van der Waals surface area (Å²) < 4.78 is 44.4. The van der Waals surface area contributed by atoms with Gasteiger partial charge in [0.2, 0.25) is 0 Å². The highest BCUT2D eigenvalue weighted by Gasteiger charge is 2.46. The largest absolute Gasteiger partial charge is 0.410 e. The van der Waals surface area contributed by atoms with Crippen molar-refractivity contribution in [2.75, 3.05) is 12.4 Å². The molecule has 1 N–H and O–H groups in total. The van der Waals surface area contributed by atoms with E-state index in [9.17, 15) is 18.0 Å². The summed E-state index contributed by atoms with van der Waals surface area (Å²) in [6, 6.07) is 14.9. The molecule has 1 aliphatic rings. The molecule has 4 aromatic rings. The molecule has 5 rings (SSSR count). The van der Waals surface area contributed by atoms with Crippen LogP contribution in [-0.2, 0) is 6.54 Å². The van der Waals surface area contributed by atoms with E-state index in [4.69, 9.17) is 11.6 Å². The zero-order valence-electron chi connectivity index (χ0n) is 19.2. The molecule has 11 heteroatoms. The van der Waals surface area contributed by atoms with Gasteiger partial charge in [-0.25, -0.2) is 9.36 Å². The minimum atomic E-state index is -4.53. The van der Waals surface area contributed by atoms with Crippen LogP contribution in [-0.4, -0.2) is 43.6 Å². The van der Waals surface area contributed by atoms with Crippen molar-refractivity contribution >= 4 is 23.3 Å². The maximum atomic E-state index is 14.0. The molecule has 3 heterocycles.